The third-order valence-corrected chi connectivity index (χ3v) is 7.18. The molecule has 4 rings (SSSR count). The van der Waals surface area contributed by atoms with Crippen molar-refractivity contribution in [1.29, 1.82) is 0 Å². The van der Waals surface area contributed by atoms with Crippen LogP contribution in [-0.2, 0) is 9.53 Å². The van der Waals surface area contributed by atoms with E-state index in [2.05, 4.69) is 18.8 Å². The topological polar surface area (TPSA) is 79.1 Å². The second-order valence-corrected chi connectivity index (χ2v) is 10.6. The third-order valence-electron chi connectivity index (χ3n) is 5.85. The van der Waals surface area contributed by atoms with E-state index >= 15 is 0 Å². The van der Waals surface area contributed by atoms with Crippen LogP contribution in [-0.4, -0.2) is 30.4 Å². The number of allylic oxidation sites excluding steroid dienone is 1. The molecule has 0 aliphatic carbocycles. The SMILES string of the molecule is CCOC(=O)C1=C(C)N=c2s/c(=C/c3ccc(OCC(C)C)c(OCC)c3)c(=O)n2[C@@H]1c1ccccc1Cl. The molecule has 1 atom stereocenters. The Balaban J connectivity index is 1.86. The fourth-order valence-corrected chi connectivity index (χ4v) is 5.48. The first-order chi connectivity index (χ1) is 18.2. The molecule has 0 saturated carbocycles. The Kier molecular flexibility index (Phi) is 8.74. The minimum absolute atomic E-state index is 0.203. The molecule has 0 N–H and O–H groups in total. The molecule has 9 heteroatoms. The first kappa shape index (κ1) is 27.7. The highest BCUT2D eigenvalue weighted by atomic mass is 35.5. The van der Waals surface area contributed by atoms with Gasteiger partial charge in [-0.15, -0.1) is 0 Å². The van der Waals surface area contributed by atoms with Gasteiger partial charge in [0.05, 0.1) is 35.6 Å². The average Bonchev–Trinajstić information content (AvgIpc) is 3.17. The molecule has 0 unspecified atom stereocenters. The Morgan fingerprint density at radius 3 is 2.58 bits per heavy atom. The maximum absolute atomic E-state index is 13.8. The molecule has 1 aliphatic rings. The summed E-state index contributed by atoms with van der Waals surface area (Å²) in [6.07, 6.45) is 1.80. The van der Waals surface area contributed by atoms with Gasteiger partial charge in [0, 0.05) is 5.02 Å². The van der Waals surface area contributed by atoms with Crippen molar-refractivity contribution in [3.05, 3.63) is 89.6 Å². The van der Waals surface area contributed by atoms with Crippen LogP contribution in [0.25, 0.3) is 6.08 Å². The molecule has 3 aromatic rings. The molecule has 200 valence electrons. The van der Waals surface area contributed by atoms with Gasteiger partial charge in [0.2, 0.25) is 0 Å². The van der Waals surface area contributed by atoms with Gasteiger partial charge < -0.3 is 14.2 Å². The smallest absolute Gasteiger partial charge is 0.338 e. The van der Waals surface area contributed by atoms with Crippen LogP contribution >= 0.6 is 22.9 Å². The molecule has 0 saturated heterocycles. The van der Waals surface area contributed by atoms with Gasteiger partial charge in [-0.3, -0.25) is 9.36 Å². The van der Waals surface area contributed by atoms with Crippen molar-refractivity contribution in [2.24, 2.45) is 10.9 Å². The molecular formula is C29H31ClN2O5S. The molecule has 7 nitrogen and oxygen atoms in total. The summed E-state index contributed by atoms with van der Waals surface area (Å²) in [6, 6.07) is 12.0. The van der Waals surface area contributed by atoms with Crippen LogP contribution in [0.2, 0.25) is 5.02 Å². The quantitative estimate of drug-likeness (QED) is 0.352. The summed E-state index contributed by atoms with van der Waals surface area (Å²) >= 11 is 7.82. The van der Waals surface area contributed by atoms with Crippen LogP contribution in [0, 0.1) is 5.92 Å². The molecule has 2 aromatic carbocycles. The highest BCUT2D eigenvalue weighted by molar-refractivity contribution is 7.07. The third kappa shape index (κ3) is 5.71. The van der Waals surface area contributed by atoms with E-state index in [1.807, 2.05) is 37.3 Å². The van der Waals surface area contributed by atoms with Gasteiger partial charge in [-0.25, -0.2) is 9.79 Å². The zero-order valence-electron chi connectivity index (χ0n) is 22.1. The number of halogens is 1. The Hall–Kier alpha value is -3.36. The maximum atomic E-state index is 13.8. The Morgan fingerprint density at radius 1 is 1.13 bits per heavy atom. The lowest BCUT2D eigenvalue weighted by Gasteiger charge is -2.25. The molecule has 0 amide bonds. The van der Waals surface area contributed by atoms with Crippen molar-refractivity contribution in [1.82, 2.24) is 4.57 Å². The summed E-state index contributed by atoms with van der Waals surface area (Å²) < 4.78 is 19.1. The number of rotatable bonds is 9. The number of ether oxygens (including phenoxy) is 3. The summed E-state index contributed by atoms with van der Waals surface area (Å²) in [4.78, 5) is 31.9. The minimum atomic E-state index is -0.757. The normalized spacial score (nSPS) is 15.3. The summed E-state index contributed by atoms with van der Waals surface area (Å²) in [7, 11) is 0. The molecule has 0 fully saturated rings. The van der Waals surface area contributed by atoms with Gasteiger partial charge in [0.15, 0.2) is 16.3 Å². The van der Waals surface area contributed by atoms with Gasteiger partial charge in [0.1, 0.15) is 6.04 Å². The molecule has 0 bridgehead atoms. The van der Waals surface area contributed by atoms with Crippen molar-refractivity contribution in [3.63, 3.8) is 0 Å². The summed E-state index contributed by atoms with van der Waals surface area (Å²) in [5, 5.41) is 0.446. The molecule has 0 radical (unpaired) electrons. The van der Waals surface area contributed by atoms with Crippen LogP contribution in [0.4, 0.5) is 0 Å². The van der Waals surface area contributed by atoms with Crippen molar-refractivity contribution in [3.8, 4) is 11.5 Å². The van der Waals surface area contributed by atoms with Gasteiger partial charge in [0.25, 0.3) is 5.56 Å². The number of hydrogen-bond acceptors (Lipinski definition) is 7. The summed E-state index contributed by atoms with van der Waals surface area (Å²) in [5.41, 5.74) is 1.93. The molecule has 1 aliphatic heterocycles. The molecule has 1 aromatic heterocycles. The van der Waals surface area contributed by atoms with Gasteiger partial charge in [-0.2, -0.15) is 0 Å². The zero-order chi connectivity index (χ0) is 27.4. The van der Waals surface area contributed by atoms with Crippen molar-refractivity contribution in [2.45, 2.75) is 40.7 Å². The zero-order valence-corrected chi connectivity index (χ0v) is 23.7. The molecule has 38 heavy (non-hydrogen) atoms. The van der Waals surface area contributed by atoms with Gasteiger partial charge >= 0.3 is 5.97 Å². The van der Waals surface area contributed by atoms with Crippen LogP contribution < -0.4 is 24.4 Å². The van der Waals surface area contributed by atoms with Crippen LogP contribution in [0.3, 0.4) is 0 Å². The number of carbonyl (C=O) groups excluding carboxylic acids is 1. The van der Waals surface area contributed by atoms with E-state index in [1.54, 1.807) is 32.1 Å². The van der Waals surface area contributed by atoms with E-state index in [0.29, 0.717) is 61.8 Å². The highest BCUT2D eigenvalue weighted by Crippen LogP contribution is 2.34. The lowest BCUT2D eigenvalue weighted by molar-refractivity contribution is -0.139. The number of aromatic nitrogens is 1. The van der Waals surface area contributed by atoms with Crippen LogP contribution in [0.15, 0.2) is 63.5 Å². The van der Waals surface area contributed by atoms with E-state index < -0.39 is 12.0 Å². The maximum Gasteiger partial charge on any atom is 0.338 e. The predicted octanol–water partition coefficient (Wildman–Crippen LogP) is 4.89. The monoisotopic (exact) mass is 554 g/mol. The minimum Gasteiger partial charge on any atom is -0.490 e. The Bertz CT molecular complexity index is 1550. The predicted molar refractivity (Wildman–Crippen MR) is 150 cm³/mol. The molecular weight excluding hydrogens is 524 g/mol. The average molecular weight is 555 g/mol. The molecule has 0 spiro atoms. The highest BCUT2D eigenvalue weighted by Gasteiger charge is 2.34. The van der Waals surface area contributed by atoms with E-state index in [4.69, 9.17) is 25.8 Å². The first-order valence-corrected chi connectivity index (χ1v) is 13.8. The van der Waals surface area contributed by atoms with E-state index in [0.717, 1.165) is 5.56 Å². The number of esters is 1. The van der Waals surface area contributed by atoms with Crippen LogP contribution in [0.1, 0.15) is 51.8 Å². The van der Waals surface area contributed by atoms with Crippen molar-refractivity contribution < 1.29 is 19.0 Å². The number of carbonyl (C=O) groups is 1. The summed E-state index contributed by atoms with van der Waals surface area (Å²) in [5.74, 6) is 1.13. The Labute approximate surface area is 230 Å². The van der Waals surface area contributed by atoms with Gasteiger partial charge in [-0.05, 0) is 62.1 Å². The summed E-state index contributed by atoms with van der Waals surface area (Å²) in [6.45, 7) is 10.8. The first-order valence-electron chi connectivity index (χ1n) is 12.6. The second-order valence-electron chi connectivity index (χ2n) is 9.17. The Morgan fingerprint density at radius 2 is 1.89 bits per heavy atom. The van der Waals surface area contributed by atoms with E-state index in [-0.39, 0.29) is 12.2 Å². The van der Waals surface area contributed by atoms with E-state index in [1.165, 1.54) is 15.9 Å². The number of thiazole rings is 1. The van der Waals surface area contributed by atoms with Gasteiger partial charge in [-0.1, -0.05) is 61.1 Å². The van der Waals surface area contributed by atoms with Crippen molar-refractivity contribution in [2.75, 3.05) is 19.8 Å². The molecule has 2 heterocycles. The number of nitrogens with zero attached hydrogens (tertiary/aromatic N) is 2. The van der Waals surface area contributed by atoms with E-state index in [9.17, 15) is 9.59 Å². The fraction of sp³-hybridized carbons (Fsp3) is 0.345. The lowest BCUT2D eigenvalue weighted by atomic mass is 9.96. The largest absolute Gasteiger partial charge is 0.490 e. The second kappa shape index (κ2) is 12.0. The lowest BCUT2D eigenvalue weighted by Crippen LogP contribution is -2.40. The number of hydrogen-bond donors (Lipinski definition) is 0. The van der Waals surface area contributed by atoms with Crippen molar-refractivity contribution >= 4 is 35.0 Å². The van der Waals surface area contributed by atoms with Crippen LogP contribution in [0.5, 0.6) is 11.5 Å². The fourth-order valence-electron chi connectivity index (χ4n) is 4.19. The standard InChI is InChI=1S/C29H31ClN2O5S/c1-6-35-23-14-19(12-13-22(23)37-16-17(3)4)15-24-27(33)32-26(20-10-8-9-11-21(20)30)25(28(34)36-7-2)18(5)31-29(32)38-24/h8-15,17,26H,6-7,16H2,1-5H3/b24-15+/t26-/m1/s1. The number of fused-ring (bicyclic) bond motifs is 1. The number of benzene rings is 2.